The lowest BCUT2D eigenvalue weighted by Gasteiger charge is -2.11. The number of nitrogens with two attached hydrogens (primary N) is 1. The van der Waals surface area contributed by atoms with Gasteiger partial charge in [-0.15, -0.1) is 0 Å². The number of imidazole rings is 1. The van der Waals surface area contributed by atoms with Gasteiger partial charge in [0.05, 0.1) is 30.7 Å². The summed E-state index contributed by atoms with van der Waals surface area (Å²) in [5, 5.41) is 2.90. The molecular formula is C20H21F3N4O3. The van der Waals surface area contributed by atoms with Gasteiger partial charge in [0.2, 0.25) is 11.7 Å². The molecule has 3 rings (SSSR count). The second-order valence-electron chi connectivity index (χ2n) is 6.40. The summed E-state index contributed by atoms with van der Waals surface area (Å²) in [6, 6.07) is 5.97. The average Bonchev–Trinajstić information content (AvgIpc) is 3.02. The van der Waals surface area contributed by atoms with E-state index in [0.717, 1.165) is 6.07 Å². The lowest BCUT2D eigenvalue weighted by Crippen LogP contribution is -2.29. The van der Waals surface area contributed by atoms with Gasteiger partial charge in [0.25, 0.3) is 0 Å². The molecule has 3 aromatic rings. The minimum atomic E-state index is -1.34. The third kappa shape index (κ3) is 5.08. The first-order valence-corrected chi connectivity index (χ1v) is 9.27. The summed E-state index contributed by atoms with van der Waals surface area (Å²) in [7, 11) is 0. The van der Waals surface area contributed by atoms with Crippen molar-refractivity contribution in [1.29, 1.82) is 0 Å². The highest BCUT2D eigenvalue weighted by Crippen LogP contribution is 2.30. The number of hydrogen-bond acceptors (Lipinski definition) is 5. The zero-order valence-corrected chi connectivity index (χ0v) is 16.3. The number of fused-ring (bicyclic) bond motifs is 1. The number of benzene rings is 2. The summed E-state index contributed by atoms with van der Waals surface area (Å²) < 4.78 is 53.4. The van der Waals surface area contributed by atoms with Gasteiger partial charge in [0.1, 0.15) is 17.4 Å². The molecule has 3 N–H and O–H groups in total. The molecule has 0 saturated carbocycles. The lowest BCUT2D eigenvalue weighted by molar-refractivity contribution is -0.117. The molecule has 0 unspecified atom stereocenters. The SMILES string of the molecule is CCOCCn1c(CNCC(N)=O)nc2ccc(Oc3cc(F)cc(F)c3F)cc21. The van der Waals surface area contributed by atoms with Crippen LogP contribution in [0.15, 0.2) is 30.3 Å². The molecule has 1 amide bonds. The third-order valence-electron chi connectivity index (χ3n) is 4.23. The van der Waals surface area contributed by atoms with Crippen LogP contribution in [0.4, 0.5) is 13.2 Å². The first-order chi connectivity index (χ1) is 14.4. The van der Waals surface area contributed by atoms with E-state index in [9.17, 15) is 18.0 Å². The Morgan fingerprint density at radius 2 is 2.03 bits per heavy atom. The summed E-state index contributed by atoms with van der Waals surface area (Å²) in [6.45, 7) is 3.57. The fraction of sp³-hybridized carbons (Fsp3) is 0.300. The van der Waals surface area contributed by atoms with Crippen LogP contribution < -0.4 is 15.8 Å². The molecule has 0 radical (unpaired) electrons. The number of rotatable bonds is 10. The maximum atomic E-state index is 13.9. The number of halogens is 3. The fourth-order valence-corrected chi connectivity index (χ4v) is 2.93. The first kappa shape index (κ1) is 21.6. The van der Waals surface area contributed by atoms with E-state index in [1.54, 1.807) is 12.1 Å². The molecule has 0 fully saturated rings. The number of nitrogens with zero attached hydrogens (tertiary/aromatic N) is 2. The van der Waals surface area contributed by atoms with E-state index in [-0.39, 0.29) is 18.8 Å². The molecule has 7 nitrogen and oxygen atoms in total. The van der Waals surface area contributed by atoms with Crippen LogP contribution in [0.5, 0.6) is 11.5 Å². The predicted molar refractivity (Wildman–Crippen MR) is 104 cm³/mol. The smallest absolute Gasteiger partial charge is 0.231 e. The van der Waals surface area contributed by atoms with Crippen LogP contribution in [0.25, 0.3) is 11.0 Å². The van der Waals surface area contributed by atoms with Crippen LogP contribution in [0.3, 0.4) is 0 Å². The Labute approximate surface area is 170 Å². The molecule has 0 saturated heterocycles. The number of ether oxygens (including phenoxy) is 2. The van der Waals surface area contributed by atoms with E-state index in [1.165, 1.54) is 6.07 Å². The molecule has 0 spiro atoms. The topological polar surface area (TPSA) is 91.4 Å². The van der Waals surface area contributed by atoms with Crippen LogP contribution in [0.2, 0.25) is 0 Å². The molecule has 1 aromatic heterocycles. The van der Waals surface area contributed by atoms with Gasteiger partial charge in [-0.25, -0.2) is 13.8 Å². The third-order valence-corrected chi connectivity index (χ3v) is 4.23. The summed E-state index contributed by atoms with van der Waals surface area (Å²) in [4.78, 5) is 15.5. The Kier molecular flexibility index (Phi) is 6.91. The fourth-order valence-electron chi connectivity index (χ4n) is 2.93. The average molecular weight is 422 g/mol. The van der Waals surface area contributed by atoms with Gasteiger partial charge >= 0.3 is 0 Å². The van der Waals surface area contributed by atoms with Gasteiger partial charge in [-0.2, -0.15) is 4.39 Å². The number of nitrogens with one attached hydrogen (secondary N) is 1. The van der Waals surface area contributed by atoms with Crippen LogP contribution in [0.1, 0.15) is 12.7 Å². The molecule has 10 heteroatoms. The minimum absolute atomic E-state index is 0.00651. The number of amides is 1. The Morgan fingerprint density at radius 1 is 1.23 bits per heavy atom. The molecule has 160 valence electrons. The molecule has 0 atom stereocenters. The van der Waals surface area contributed by atoms with Crippen LogP contribution in [0, 0.1) is 17.5 Å². The van der Waals surface area contributed by atoms with E-state index in [0.29, 0.717) is 42.7 Å². The van der Waals surface area contributed by atoms with Gasteiger partial charge in [-0.05, 0) is 19.1 Å². The molecule has 0 bridgehead atoms. The number of aromatic nitrogens is 2. The van der Waals surface area contributed by atoms with Crippen molar-refractivity contribution in [2.24, 2.45) is 5.73 Å². The van der Waals surface area contributed by atoms with Crippen LogP contribution >= 0.6 is 0 Å². The van der Waals surface area contributed by atoms with Gasteiger partial charge in [0.15, 0.2) is 11.6 Å². The Hall–Kier alpha value is -3.11. The van der Waals surface area contributed by atoms with Crippen LogP contribution in [-0.4, -0.2) is 35.2 Å². The molecule has 2 aromatic carbocycles. The molecule has 0 aliphatic rings. The Balaban J connectivity index is 1.92. The maximum Gasteiger partial charge on any atom is 0.231 e. The van der Waals surface area contributed by atoms with Crippen molar-refractivity contribution in [3.63, 3.8) is 0 Å². The number of hydrogen-bond donors (Lipinski definition) is 2. The molecule has 0 aliphatic heterocycles. The monoisotopic (exact) mass is 422 g/mol. The van der Waals surface area contributed by atoms with Crippen LogP contribution in [-0.2, 0) is 22.6 Å². The van der Waals surface area contributed by atoms with E-state index < -0.39 is 29.1 Å². The zero-order chi connectivity index (χ0) is 21.7. The second-order valence-corrected chi connectivity index (χ2v) is 6.40. The van der Waals surface area contributed by atoms with Gasteiger partial charge in [-0.1, -0.05) is 0 Å². The van der Waals surface area contributed by atoms with E-state index >= 15 is 0 Å². The Morgan fingerprint density at radius 3 is 2.77 bits per heavy atom. The second kappa shape index (κ2) is 9.59. The highest BCUT2D eigenvalue weighted by Gasteiger charge is 2.16. The summed E-state index contributed by atoms with van der Waals surface area (Å²) in [5.74, 6) is -3.81. The van der Waals surface area contributed by atoms with Crippen molar-refractivity contribution >= 4 is 16.9 Å². The van der Waals surface area contributed by atoms with Gasteiger partial charge in [0, 0.05) is 31.4 Å². The van der Waals surface area contributed by atoms with E-state index in [4.69, 9.17) is 15.2 Å². The van der Waals surface area contributed by atoms with Crippen molar-refractivity contribution < 1.29 is 27.4 Å². The van der Waals surface area contributed by atoms with Crippen molar-refractivity contribution in [3.05, 3.63) is 53.6 Å². The minimum Gasteiger partial charge on any atom is -0.454 e. The maximum absolute atomic E-state index is 13.9. The highest BCUT2D eigenvalue weighted by molar-refractivity contribution is 5.78. The standard InChI is InChI=1S/C20H21F3N4O3/c1-2-29-6-5-27-16-9-13(30-17-8-12(21)7-14(22)20(17)23)3-4-15(16)26-19(27)11-25-10-18(24)28/h3-4,7-9,25H,2,5-6,10-11H2,1H3,(H2,24,28). The predicted octanol–water partition coefficient (Wildman–Crippen LogP) is 2.86. The van der Waals surface area contributed by atoms with E-state index in [2.05, 4.69) is 10.3 Å². The van der Waals surface area contributed by atoms with E-state index in [1.807, 2.05) is 11.5 Å². The summed E-state index contributed by atoms with van der Waals surface area (Å²) >= 11 is 0. The van der Waals surface area contributed by atoms with Crippen molar-refractivity contribution in [1.82, 2.24) is 14.9 Å². The number of carbonyl (C=O) groups excluding carboxylic acids is 1. The van der Waals surface area contributed by atoms with Crippen molar-refractivity contribution in [3.8, 4) is 11.5 Å². The molecule has 30 heavy (non-hydrogen) atoms. The number of carbonyl (C=O) groups is 1. The lowest BCUT2D eigenvalue weighted by atomic mass is 10.2. The summed E-state index contributed by atoms with van der Waals surface area (Å²) in [5.41, 5.74) is 6.42. The van der Waals surface area contributed by atoms with Crippen molar-refractivity contribution in [2.75, 3.05) is 19.8 Å². The molecule has 1 heterocycles. The zero-order valence-electron chi connectivity index (χ0n) is 16.3. The number of primary amides is 1. The first-order valence-electron chi connectivity index (χ1n) is 9.27. The van der Waals surface area contributed by atoms with Crippen molar-refractivity contribution in [2.45, 2.75) is 20.0 Å². The van der Waals surface area contributed by atoms with Gasteiger partial charge < -0.3 is 25.1 Å². The Bertz CT molecular complexity index is 1060. The molecule has 0 aliphatic carbocycles. The highest BCUT2D eigenvalue weighted by atomic mass is 19.2. The summed E-state index contributed by atoms with van der Waals surface area (Å²) in [6.07, 6.45) is 0. The normalized spacial score (nSPS) is 11.2. The molecular weight excluding hydrogens is 401 g/mol. The quantitative estimate of drug-likeness (QED) is 0.387. The largest absolute Gasteiger partial charge is 0.454 e. The van der Waals surface area contributed by atoms with Gasteiger partial charge in [-0.3, -0.25) is 4.79 Å².